The van der Waals surface area contributed by atoms with Crippen molar-refractivity contribution in [1.82, 2.24) is 10.3 Å². The first-order valence-corrected chi connectivity index (χ1v) is 12.5. The molecule has 170 valence electrons. The van der Waals surface area contributed by atoms with Crippen molar-refractivity contribution in [3.8, 4) is 11.3 Å². The molecule has 0 saturated carbocycles. The number of nitrogens with one attached hydrogen (secondary N) is 1. The van der Waals surface area contributed by atoms with Crippen molar-refractivity contribution >= 4 is 16.8 Å². The molecule has 1 heterocycles. The van der Waals surface area contributed by atoms with Gasteiger partial charge in [0.1, 0.15) is 0 Å². The van der Waals surface area contributed by atoms with E-state index in [9.17, 15) is 4.79 Å². The number of unbranched alkanes of at least 4 members (excludes halogenated alkanes) is 9. The third-order valence-electron chi connectivity index (χ3n) is 6.23. The second kappa shape index (κ2) is 13.0. The lowest BCUT2D eigenvalue weighted by atomic mass is 9.97. The highest BCUT2D eigenvalue weighted by Gasteiger charge is 2.18. The Kier molecular flexibility index (Phi) is 9.74. The lowest BCUT2D eigenvalue weighted by molar-refractivity contribution is 0.0954. The maximum absolute atomic E-state index is 13.2. The van der Waals surface area contributed by atoms with Gasteiger partial charge in [-0.2, -0.15) is 0 Å². The third kappa shape index (κ3) is 6.66. The maximum atomic E-state index is 13.2. The molecule has 0 aliphatic carbocycles. The van der Waals surface area contributed by atoms with Gasteiger partial charge in [-0.1, -0.05) is 113 Å². The first-order chi connectivity index (χ1) is 15.7. The first kappa shape index (κ1) is 24.0. The topological polar surface area (TPSA) is 42.0 Å². The number of hydrogen-bond donors (Lipinski definition) is 1. The zero-order valence-electron chi connectivity index (χ0n) is 19.8. The summed E-state index contributed by atoms with van der Waals surface area (Å²) in [5, 5.41) is 4.09. The number of para-hydroxylation sites is 1. The zero-order chi connectivity index (χ0) is 22.6. The minimum Gasteiger partial charge on any atom is -0.352 e. The Labute approximate surface area is 193 Å². The van der Waals surface area contributed by atoms with Crippen molar-refractivity contribution < 1.29 is 4.79 Å². The molecule has 0 bridgehead atoms. The Bertz CT molecular complexity index is 981. The Morgan fingerprint density at radius 1 is 0.781 bits per heavy atom. The summed E-state index contributed by atoms with van der Waals surface area (Å²) in [4.78, 5) is 18.1. The molecule has 3 rings (SSSR count). The number of amides is 1. The number of hydrogen-bond acceptors (Lipinski definition) is 2. The number of rotatable bonds is 13. The summed E-state index contributed by atoms with van der Waals surface area (Å²) in [6.45, 7) is 5.00. The van der Waals surface area contributed by atoms with Gasteiger partial charge < -0.3 is 5.32 Å². The van der Waals surface area contributed by atoms with Gasteiger partial charge in [-0.3, -0.25) is 4.79 Å². The zero-order valence-corrected chi connectivity index (χ0v) is 19.8. The average molecular weight is 431 g/mol. The fourth-order valence-electron chi connectivity index (χ4n) is 4.38. The first-order valence-electron chi connectivity index (χ1n) is 12.5. The van der Waals surface area contributed by atoms with Crippen molar-refractivity contribution in [3.63, 3.8) is 0 Å². The van der Waals surface area contributed by atoms with Gasteiger partial charge in [0.2, 0.25) is 0 Å². The van der Waals surface area contributed by atoms with Crippen LogP contribution in [0.3, 0.4) is 0 Å². The molecule has 0 fully saturated rings. The summed E-state index contributed by atoms with van der Waals surface area (Å²) < 4.78 is 0. The van der Waals surface area contributed by atoms with Crippen molar-refractivity contribution in [3.05, 3.63) is 65.7 Å². The van der Waals surface area contributed by atoms with E-state index in [0.717, 1.165) is 46.3 Å². The SMILES string of the molecule is CCCCCCCCCCCCNC(=O)c1c(C)c(-c2ccccc2)nc2ccccc12. The summed E-state index contributed by atoms with van der Waals surface area (Å²) in [6.07, 6.45) is 13.0. The van der Waals surface area contributed by atoms with E-state index in [0.29, 0.717) is 0 Å². The summed E-state index contributed by atoms with van der Waals surface area (Å²) in [5.74, 6) is 0.00852. The summed E-state index contributed by atoms with van der Waals surface area (Å²) in [6, 6.07) is 18.1. The van der Waals surface area contributed by atoms with Gasteiger partial charge in [0.15, 0.2) is 0 Å². The minimum absolute atomic E-state index is 0.00852. The molecular formula is C29H38N2O. The van der Waals surface area contributed by atoms with Crippen LogP contribution in [0, 0.1) is 6.92 Å². The Morgan fingerprint density at radius 2 is 1.38 bits per heavy atom. The van der Waals surface area contributed by atoms with Gasteiger partial charge in [-0.05, 0) is 25.0 Å². The Balaban J connectivity index is 1.55. The van der Waals surface area contributed by atoms with Crippen molar-refractivity contribution in [2.75, 3.05) is 6.54 Å². The molecule has 0 atom stereocenters. The molecule has 0 aliphatic heterocycles. The number of benzene rings is 2. The van der Waals surface area contributed by atoms with E-state index in [1.807, 2.05) is 49.4 Å². The van der Waals surface area contributed by atoms with Crippen molar-refractivity contribution in [2.45, 2.75) is 78.1 Å². The van der Waals surface area contributed by atoms with E-state index < -0.39 is 0 Å². The van der Waals surface area contributed by atoms with Crippen LogP contribution >= 0.6 is 0 Å². The lowest BCUT2D eigenvalue weighted by Gasteiger charge is -2.15. The number of carbonyl (C=O) groups is 1. The quantitative estimate of drug-likeness (QED) is 0.280. The molecule has 1 amide bonds. The van der Waals surface area contributed by atoms with E-state index >= 15 is 0 Å². The monoisotopic (exact) mass is 430 g/mol. The van der Waals surface area contributed by atoms with E-state index in [1.165, 1.54) is 57.8 Å². The van der Waals surface area contributed by atoms with Gasteiger partial charge in [0.05, 0.1) is 16.8 Å². The molecule has 2 aromatic carbocycles. The second-order valence-electron chi connectivity index (χ2n) is 8.78. The highest BCUT2D eigenvalue weighted by Crippen LogP contribution is 2.29. The number of fused-ring (bicyclic) bond motifs is 1. The van der Waals surface area contributed by atoms with Gasteiger partial charge in [0, 0.05) is 17.5 Å². The standard InChI is InChI=1S/C29H38N2O/c1-3-4-5-6-7-8-9-10-11-17-22-30-29(32)27-23(2)28(24-18-13-12-14-19-24)31-26-21-16-15-20-25(26)27/h12-16,18-21H,3-11,17,22H2,1-2H3,(H,30,32). The predicted molar refractivity (Wildman–Crippen MR) is 136 cm³/mol. The van der Waals surface area contributed by atoms with E-state index in [4.69, 9.17) is 4.98 Å². The van der Waals surface area contributed by atoms with Crippen LogP contribution < -0.4 is 5.32 Å². The van der Waals surface area contributed by atoms with Gasteiger partial charge >= 0.3 is 0 Å². The molecular weight excluding hydrogens is 392 g/mol. The lowest BCUT2D eigenvalue weighted by Crippen LogP contribution is -2.26. The Morgan fingerprint density at radius 3 is 2.06 bits per heavy atom. The molecule has 3 aromatic rings. The number of aromatic nitrogens is 1. The van der Waals surface area contributed by atoms with Crippen LogP contribution in [-0.4, -0.2) is 17.4 Å². The fraction of sp³-hybridized carbons (Fsp3) is 0.448. The Hall–Kier alpha value is -2.68. The van der Waals surface area contributed by atoms with E-state index in [-0.39, 0.29) is 5.91 Å². The van der Waals surface area contributed by atoms with E-state index in [2.05, 4.69) is 24.4 Å². The summed E-state index contributed by atoms with van der Waals surface area (Å²) in [5.41, 5.74) is 4.48. The molecule has 0 unspecified atom stereocenters. The molecule has 0 aliphatic rings. The normalized spacial score (nSPS) is 11.1. The number of nitrogens with zero attached hydrogens (tertiary/aromatic N) is 1. The maximum Gasteiger partial charge on any atom is 0.252 e. The second-order valence-corrected chi connectivity index (χ2v) is 8.78. The minimum atomic E-state index is 0.00852. The highest BCUT2D eigenvalue weighted by molar-refractivity contribution is 6.08. The summed E-state index contributed by atoms with van der Waals surface area (Å²) >= 11 is 0. The van der Waals surface area contributed by atoms with Crippen LogP contribution in [-0.2, 0) is 0 Å². The van der Waals surface area contributed by atoms with Crippen LogP contribution in [0.2, 0.25) is 0 Å². The molecule has 0 radical (unpaired) electrons. The molecule has 1 N–H and O–H groups in total. The van der Waals surface area contributed by atoms with Crippen LogP contribution in [0.5, 0.6) is 0 Å². The number of pyridine rings is 1. The molecule has 32 heavy (non-hydrogen) atoms. The third-order valence-corrected chi connectivity index (χ3v) is 6.23. The van der Waals surface area contributed by atoms with E-state index in [1.54, 1.807) is 0 Å². The molecule has 3 heteroatoms. The molecule has 1 aromatic heterocycles. The molecule has 3 nitrogen and oxygen atoms in total. The molecule has 0 saturated heterocycles. The van der Waals surface area contributed by atoms with Crippen LogP contribution in [0.15, 0.2) is 54.6 Å². The van der Waals surface area contributed by atoms with Gasteiger partial charge in [0.25, 0.3) is 5.91 Å². The van der Waals surface area contributed by atoms with Crippen molar-refractivity contribution in [1.29, 1.82) is 0 Å². The summed E-state index contributed by atoms with van der Waals surface area (Å²) in [7, 11) is 0. The van der Waals surface area contributed by atoms with Crippen LogP contribution in [0.4, 0.5) is 0 Å². The largest absolute Gasteiger partial charge is 0.352 e. The smallest absolute Gasteiger partial charge is 0.252 e. The predicted octanol–water partition coefficient (Wildman–Crippen LogP) is 7.86. The van der Waals surface area contributed by atoms with Crippen LogP contribution in [0.25, 0.3) is 22.2 Å². The van der Waals surface area contributed by atoms with Crippen LogP contribution in [0.1, 0.15) is 87.1 Å². The average Bonchev–Trinajstić information content (AvgIpc) is 2.82. The fourth-order valence-corrected chi connectivity index (χ4v) is 4.38. The van der Waals surface area contributed by atoms with Crippen molar-refractivity contribution in [2.24, 2.45) is 0 Å². The molecule has 0 spiro atoms. The van der Waals surface area contributed by atoms with Gasteiger partial charge in [-0.15, -0.1) is 0 Å². The van der Waals surface area contributed by atoms with Gasteiger partial charge in [-0.25, -0.2) is 4.98 Å². The highest BCUT2D eigenvalue weighted by atomic mass is 16.1. The number of carbonyl (C=O) groups excluding carboxylic acids is 1.